The molecule has 0 spiro atoms. The maximum Gasteiger partial charge on any atom is 0.178 e. The molecule has 1 aromatic heterocycles. The number of hydrogen-bond donors (Lipinski definition) is 2. The Kier molecular flexibility index (Phi) is 2.70. The first-order chi connectivity index (χ1) is 5.66. The van der Waals surface area contributed by atoms with Crippen molar-refractivity contribution in [3.05, 3.63) is 29.1 Å². The van der Waals surface area contributed by atoms with E-state index in [1.54, 1.807) is 6.20 Å². The largest absolute Gasteiger partial charge is 0.360 e. The van der Waals surface area contributed by atoms with Gasteiger partial charge in [-0.25, -0.2) is 0 Å². The lowest BCUT2D eigenvalue weighted by atomic mass is 10.3. The molecule has 0 atom stereocenters. The zero-order valence-electron chi connectivity index (χ0n) is 6.65. The van der Waals surface area contributed by atoms with Crippen LogP contribution in [0.25, 0.3) is 0 Å². The minimum absolute atomic E-state index is 0.00921. The monoisotopic (exact) mass is 228 g/mol. The van der Waals surface area contributed by atoms with E-state index < -0.39 is 0 Å². The van der Waals surface area contributed by atoms with Crippen molar-refractivity contribution in [3.8, 4) is 0 Å². The minimum Gasteiger partial charge on any atom is -0.360 e. The number of carbonyl (C=O) groups is 1. The van der Waals surface area contributed by atoms with Crippen LogP contribution in [-0.2, 0) is 0 Å². The molecular formula is C8H9BrN2O. The number of ketones is 1. The molecule has 1 heterocycles. The van der Waals surface area contributed by atoms with Gasteiger partial charge >= 0.3 is 0 Å². The van der Waals surface area contributed by atoms with Crippen molar-refractivity contribution in [2.75, 3.05) is 5.32 Å². The molecule has 0 fully saturated rings. The minimum atomic E-state index is -0.00921. The van der Waals surface area contributed by atoms with Crippen LogP contribution in [0.4, 0.5) is 5.69 Å². The van der Waals surface area contributed by atoms with Crippen LogP contribution in [0.1, 0.15) is 17.4 Å². The number of aromatic nitrogens is 1. The first kappa shape index (κ1) is 9.06. The highest BCUT2D eigenvalue weighted by atomic mass is 79.9. The summed E-state index contributed by atoms with van der Waals surface area (Å²) in [6.45, 7) is 5.03. The molecule has 0 saturated heterocycles. The first-order valence-corrected chi connectivity index (χ1v) is 4.21. The van der Waals surface area contributed by atoms with Crippen molar-refractivity contribution in [1.82, 2.24) is 4.98 Å². The molecule has 4 heteroatoms. The molecule has 0 unspecified atom stereocenters. The van der Waals surface area contributed by atoms with E-state index in [-0.39, 0.29) is 5.78 Å². The summed E-state index contributed by atoms with van der Waals surface area (Å²) >= 11 is 3.29. The van der Waals surface area contributed by atoms with Crippen molar-refractivity contribution in [2.45, 2.75) is 6.92 Å². The van der Waals surface area contributed by atoms with Gasteiger partial charge in [-0.05, 0) is 22.1 Å². The van der Waals surface area contributed by atoms with Crippen molar-refractivity contribution in [1.29, 1.82) is 0 Å². The fourth-order valence-electron chi connectivity index (χ4n) is 0.920. The summed E-state index contributed by atoms with van der Waals surface area (Å²) in [7, 11) is 0. The summed E-state index contributed by atoms with van der Waals surface area (Å²) in [4.78, 5) is 13.9. The lowest BCUT2D eigenvalue weighted by Gasteiger charge is -1.99. The number of hydrogen-bond acceptors (Lipinski definition) is 2. The number of nitrogens with one attached hydrogen (secondary N) is 2. The van der Waals surface area contributed by atoms with E-state index in [4.69, 9.17) is 0 Å². The van der Waals surface area contributed by atoms with Crippen LogP contribution in [0, 0.1) is 0 Å². The Morgan fingerprint density at radius 3 is 3.00 bits per heavy atom. The molecule has 0 aromatic carbocycles. The lowest BCUT2D eigenvalue weighted by molar-refractivity contribution is 0.101. The third-order valence-electron chi connectivity index (χ3n) is 1.43. The molecule has 64 valence electrons. The fourth-order valence-corrected chi connectivity index (χ4v) is 1.35. The van der Waals surface area contributed by atoms with E-state index in [9.17, 15) is 4.79 Å². The maximum atomic E-state index is 11.0. The van der Waals surface area contributed by atoms with Crippen molar-refractivity contribution < 1.29 is 4.79 Å². The van der Waals surface area contributed by atoms with Crippen LogP contribution in [0.2, 0.25) is 0 Å². The Morgan fingerprint density at radius 2 is 2.50 bits per heavy atom. The van der Waals surface area contributed by atoms with Gasteiger partial charge in [-0.15, -0.1) is 0 Å². The predicted molar refractivity (Wildman–Crippen MR) is 52.3 cm³/mol. The molecule has 0 aliphatic carbocycles. The van der Waals surface area contributed by atoms with Gasteiger partial charge < -0.3 is 10.3 Å². The SMILES string of the molecule is C=CNc1c(Br)c[nH]c1C(C)=O. The molecule has 0 bridgehead atoms. The highest BCUT2D eigenvalue weighted by Crippen LogP contribution is 2.26. The molecule has 0 aliphatic heterocycles. The van der Waals surface area contributed by atoms with E-state index in [2.05, 4.69) is 32.8 Å². The molecule has 1 aromatic rings. The van der Waals surface area contributed by atoms with Crippen LogP contribution >= 0.6 is 15.9 Å². The van der Waals surface area contributed by atoms with Crippen LogP contribution in [0.5, 0.6) is 0 Å². The first-order valence-electron chi connectivity index (χ1n) is 3.42. The van der Waals surface area contributed by atoms with Crippen LogP contribution in [0.15, 0.2) is 23.4 Å². The average molecular weight is 229 g/mol. The third kappa shape index (κ3) is 1.58. The second-order valence-corrected chi connectivity index (χ2v) is 3.15. The second kappa shape index (κ2) is 3.58. The van der Waals surface area contributed by atoms with Gasteiger partial charge in [0, 0.05) is 13.1 Å². The summed E-state index contributed by atoms with van der Waals surface area (Å²) in [5.41, 5.74) is 1.29. The molecule has 0 radical (unpaired) electrons. The van der Waals surface area contributed by atoms with Crippen LogP contribution in [-0.4, -0.2) is 10.8 Å². The Balaban J connectivity index is 3.11. The van der Waals surface area contributed by atoms with Gasteiger partial charge in [0.2, 0.25) is 0 Å². The van der Waals surface area contributed by atoms with Crippen molar-refractivity contribution >= 4 is 27.4 Å². The van der Waals surface area contributed by atoms with E-state index in [0.717, 1.165) is 10.2 Å². The molecular weight excluding hydrogens is 220 g/mol. The van der Waals surface area contributed by atoms with E-state index >= 15 is 0 Å². The van der Waals surface area contributed by atoms with Crippen molar-refractivity contribution in [2.24, 2.45) is 0 Å². The Labute approximate surface area is 79.0 Å². The Bertz CT molecular complexity index is 317. The standard InChI is InChI=1S/C8H9BrN2O/c1-3-10-8-6(9)4-11-7(8)5(2)12/h3-4,10-11H,1H2,2H3. The average Bonchev–Trinajstić information content (AvgIpc) is 2.34. The number of rotatable bonds is 3. The number of anilines is 1. The van der Waals surface area contributed by atoms with Gasteiger partial charge in [0.25, 0.3) is 0 Å². The number of H-pyrrole nitrogens is 1. The normalized spacial score (nSPS) is 9.50. The van der Waals surface area contributed by atoms with E-state index in [1.807, 2.05) is 0 Å². The number of carbonyl (C=O) groups excluding carboxylic acids is 1. The van der Waals surface area contributed by atoms with Gasteiger partial charge in [0.05, 0.1) is 10.2 Å². The zero-order valence-corrected chi connectivity index (χ0v) is 8.23. The Morgan fingerprint density at radius 1 is 1.83 bits per heavy atom. The third-order valence-corrected chi connectivity index (χ3v) is 2.06. The topological polar surface area (TPSA) is 44.9 Å². The summed E-state index contributed by atoms with van der Waals surface area (Å²) in [5.74, 6) is -0.00921. The number of aromatic amines is 1. The summed E-state index contributed by atoms with van der Waals surface area (Å²) < 4.78 is 0.826. The van der Waals surface area contributed by atoms with Gasteiger partial charge in [-0.3, -0.25) is 4.79 Å². The van der Waals surface area contributed by atoms with Gasteiger partial charge in [0.1, 0.15) is 5.69 Å². The maximum absolute atomic E-state index is 11.0. The van der Waals surface area contributed by atoms with Crippen LogP contribution < -0.4 is 5.32 Å². The lowest BCUT2D eigenvalue weighted by Crippen LogP contribution is -1.97. The molecule has 3 nitrogen and oxygen atoms in total. The van der Waals surface area contributed by atoms with Crippen molar-refractivity contribution in [3.63, 3.8) is 0 Å². The molecule has 12 heavy (non-hydrogen) atoms. The second-order valence-electron chi connectivity index (χ2n) is 2.29. The number of Topliss-reactive ketones (excluding diaryl/α,β-unsaturated/α-hetero) is 1. The molecule has 1 rings (SSSR count). The van der Waals surface area contributed by atoms with E-state index in [0.29, 0.717) is 5.69 Å². The molecule has 0 saturated carbocycles. The number of halogens is 1. The quantitative estimate of drug-likeness (QED) is 0.782. The van der Waals surface area contributed by atoms with Gasteiger partial charge in [-0.1, -0.05) is 6.58 Å². The molecule has 0 amide bonds. The zero-order chi connectivity index (χ0) is 9.14. The van der Waals surface area contributed by atoms with Gasteiger partial charge in [-0.2, -0.15) is 0 Å². The highest BCUT2D eigenvalue weighted by molar-refractivity contribution is 9.10. The highest BCUT2D eigenvalue weighted by Gasteiger charge is 2.10. The van der Waals surface area contributed by atoms with Gasteiger partial charge in [0.15, 0.2) is 5.78 Å². The Hall–Kier alpha value is -1.03. The molecule has 0 aliphatic rings. The summed E-state index contributed by atoms with van der Waals surface area (Å²) in [5, 5.41) is 2.87. The van der Waals surface area contributed by atoms with Crippen LogP contribution in [0.3, 0.4) is 0 Å². The van der Waals surface area contributed by atoms with E-state index in [1.165, 1.54) is 13.1 Å². The summed E-state index contributed by atoms with van der Waals surface area (Å²) in [6.07, 6.45) is 3.24. The summed E-state index contributed by atoms with van der Waals surface area (Å²) in [6, 6.07) is 0. The molecule has 2 N–H and O–H groups in total. The smallest absolute Gasteiger partial charge is 0.178 e. The fraction of sp³-hybridized carbons (Fsp3) is 0.125. The predicted octanol–water partition coefficient (Wildman–Crippen LogP) is 2.54.